The molecule has 0 aliphatic heterocycles. The normalized spacial score (nSPS) is 12.4. The van der Waals surface area contributed by atoms with Crippen molar-refractivity contribution in [3.05, 3.63) is 5.73 Å². The van der Waals surface area contributed by atoms with Crippen molar-refractivity contribution < 1.29 is 32.4 Å². The molecule has 0 aliphatic rings. The van der Waals surface area contributed by atoms with Gasteiger partial charge in [0.25, 0.3) is 0 Å². The maximum absolute atomic E-state index is 10.0. The molecule has 0 bridgehead atoms. The first-order valence-electron chi connectivity index (χ1n) is 2.52. The number of carboxylic acids is 1. The van der Waals surface area contributed by atoms with E-state index in [9.17, 15) is 9.90 Å². The van der Waals surface area contributed by atoms with Crippen molar-refractivity contribution in [3.63, 3.8) is 0 Å². The Bertz CT molecular complexity index is 125. The van der Waals surface area contributed by atoms with Gasteiger partial charge in [-0.15, -0.1) is 0 Å². The van der Waals surface area contributed by atoms with Gasteiger partial charge in [-0.1, -0.05) is 0 Å². The zero-order chi connectivity index (χ0) is 7.65. The monoisotopic (exact) mass is 229 g/mol. The molecule has 0 spiro atoms. The molecule has 73 valence electrons. The molecule has 0 heterocycles. The molecule has 0 aromatic heterocycles. The molecule has 4 nitrogen and oxygen atoms in total. The molecule has 0 aromatic rings. The number of nitrogens with one attached hydrogen (secondary N) is 1. The minimum Gasteiger partial charge on any atom is -0.666 e. The zero-order valence-corrected chi connectivity index (χ0v) is 8.14. The summed E-state index contributed by atoms with van der Waals surface area (Å²) in [4.78, 5) is 10.0. The van der Waals surface area contributed by atoms with Crippen molar-refractivity contribution in [1.29, 1.82) is 0 Å². The Balaban J connectivity index is -0.000000320. The molecule has 0 fully saturated rings. The molecule has 0 saturated carbocycles. The predicted molar refractivity (Wildman–Crippen MR) is 41.0 cm³/mol. The first kappa shape index (κ1) is 17.4. The SMILES string of the molecule is CC(C)([SH2+])C([NH-])C(=O)[O-].O.[Cu]. The summed E-state index contributed by atoms with van der Waals surface area (Å²) in [7, 11) is 0. The van der Waals surface area contributed by atoms with Gasteiger partial charge in [0, 0.05) is 23.0 Å². The summed E-state index contributed by atoms with van der Waals surface area (Å²) in [6, 6.07) is -1.21. The van der Waals surface area contributed by atoms with Gasteiger partial charge in [-0.05, 0) is 32.5 Å². The Kier molecular flexibility index (Phi) is 9.24. The van der Waals surface area contributed by atoms with E-state index in [0.717, 1.165) is 0 Å². The molecule has 0 amide bonds. The van der Waals surface area contributed by atoms with Crippen LogP contribution in [0.2, 0.25) is 0 Å². The first-order chi connectivity index (χ1) is 3.85. The van der Waals surface area contributed by atoms with E-state index in [-0.39, 0.29) is 22.5 Å². The van der Waals surface area contributed by atoms with Crippen LogP contribution in [-0.4, -0.2) is 22.2 Å². The van der Waals surface area contributed by atoms with Crippen LogP contribution >= 0.6 is 0 Å². The molecule has 0 aromatic carbocycles. The third-order valence-electron chi connectivity index (χ3n) is 0.957. The van der Waals surface area contributed by atoms with E-state index in [1.807, 2.05) is 0 Å². The summed E-state index contributed by atoms with van der Waals surface area (Å²) in [5.74, 6) is -1.35. The second-order valence-corrected chi connectivity index (χ2v) is 3.76. The molecule has 1 unspecified atom stereocenters. The molecule has 6 heteroatoms. The Labute approximate surface area is 81.7 Å². The van der Waals surface area contributed by atoms with Crippen LogP contribution in [0.1, 0.15) is 13.8 Å². The largest absolute Gasteiger partial charge is 0.666 e. The number of carbonyl (C=O) groups is 1. The van der Waals surface area contributed by atoms with Gasteiger partial charge < -0.3 is 21.1 Å². The van der Waals surface area contributed by atoms with E-state index in [1.165, 1.54) is 0 Å². The number of carboxylic acid groups (broad SMARTS) is 1. The fraction of sp³-hybridized carbons (Fsp3) is 0.800. The molecule has 1 atom stereocenters. The van der Waals surface area contributed by atoms with Crippen LogP contribution in [0.3, 0.4) is 0 Å². The van der Waals surface area contributed by atoms with E-state index in [4.69, 9.17) is 5.73 Å². The van der Waals surface area contributed by atoms with Gasteiger partial charge in [-0.2, -0.15) is 0 Å². The second-order valence-electron chi connectivity index (χ2n) is 2.47. The molecule has 0 rings (SSSR count). The number of carbonyl (C=O) groups excluding carboxylic acids is 1. The quantitative estimate of drug-likeness (QED) is 0.409. The minimum atomic E-state index is -1.35. The van der Waals surface area contributed by atoms with Crippen LogP contribution in [0, 0.1) is 0 Å². The number of hydrogen-bond acceptors (Lipinski definition) is 2. The van der Waals surface area contributed by atoms with Gasteiger partial charge >= 0.3 is 0 Å². The molecule has 0 saturated heterocycles. The standard InChI is InChI=1S/C5H10NO2S.Cu.H2O/c1-5(2,9)3(6)4(7)8;;/h3,6,9H,1-2H3,(H,7,8);;1H2/q-1;;. The maximum Gasteiger partial charge on any atom is 0.107 e. The third-order valence-corrected chi connectivity index (χ3v) is 1.25. The first-order valence-corrected chi connectivity index (χ1v) is 3.02. The number of aliphatic carboxylic acids is 1. The summed E-state index contributed by atoms with van der Waals surface area (Å²) >= 11 is 3.09. The minimum absolute atomic E-state index is 0. The van der Waals surface area contributed by atoms with Gasteiger partial charge in [0.2, 0.25) is 0 Å². The summed E-state index contributed by atoms with van der Waals surface area (Å²) in [5, 5.41) is 10.0. The molecule has 1 radical (unpaired) electrons. The van der Waals surface area contributed by atoms with Gasteiger partial charge in [0.1, 0.15) is 4.75 Å². The summed E-state index contributed by atoms with van der Waals surface area (Å²) in [5.41, 5.74) is 6.97. The Morgan fingerprint density at radius 2 is 1.91 bits per heavy atom. The van der Waals surface area contributed by atoms with Crippen LogP contribution in [0.5, 0.6) is 0 Å². The third kappa shape index (κ3) is 6.65. The Morgan fingerprint density at radius 1 is 1.64 bits per heavy atom. The van der Waals surface area contributed by atoms with Gasteiger partial charge in [-0.3, -0.25) is 0 Å². The summed E-state index contributed by atoms with van der Waals surface area (Å²) in [6.45, 7) is 3.22. The zero-order valence-electron chi connectivity index (χ0n) is 6.20. The van der Waals surface area contributed by atoms with Gasteiger partial charge in [-0.25, -0.2) is 0 Å². The van der Waals surface area contributed by atoms with E-state index in [0.29, 0.717) is 0 Å². The van der Waals surface area contributed by atoms with Crippen molar-refractivity contribution in [2.75, 3.05) is 0 Å². The molecular weight excluding hydrogens is 218 g/mol. The van der Waals surface area contributed by atoms with Gasteiger partial charge in [0.05, 0.1) is 0 Å². The molecule has 0 aliphatic carbocycles. The van der Waals surface area contributed by atoms with Crippen molar-refractivity contribution in [2.24, 2.45) is 0 Å². The van der Waals surface area contributed by atoms with Crippen molar-refractivity contribution in [1.82, 2.24) is 0 Å². The maximum atomic E-state index is 10.0. The number of hydrogen-bond donors (Lipinski definition) is 0. The summed E-state index contributed by atoms with van der Waals surface area (Å²) < 4.78 is -0.709. The van der Waals surface area contributed by atoms with Crippen molar-refractivity contribution in [3.8, 4) is 0 Å². The van der Waals surface area contributed by atoms with E-state index in [1.54, 1.807) is 13.8 Å². The van der Waals surface area contributed by atoms with Crippen molar-refractivity contribution in [2.45, 2.75) is 24.6 Å². The average Bonchev–Trinajstić information content (AvgIpc) is 1.62. The topological polar surface area (TPSA) is 95.4 Å². The Hall–Kier alpha value is 0.259. The van der Waals surface area contributed by atoms with Crippen LogP contribution < -0.4 is 5.11 Å². The van der Waals surface area contributed by atoms with Crippen LogP contribution in [0.15, 0.2) is 0 Å². The van der Waals surface area contributed by atoms with Crippen LogP contribution in [0.4, 0.5) is 0 Å². The van der Waals surface area contributed by atoms with E-state index >= 15 is 0 Å². The van der Waals surface area contributed by atoms with E-state index < -0.39 is 16.8 Å². The van der Waals surface area contributed by atoms with Crippen LogP contribution in [0.25, 0.3) is 5.73 Å². The number of rotatable bonds is 2. The molecular formula is C5H12CuNO3S-. The Morgan fingerprint density at radius 3 is 1.91 bits per heavy atom. The molecule has 11 heavy (non-hydrogen) atoms. The second kappa shape index (κ2) is 5.85. The summed E-state index contributed by atoms with van der Waals surface area (Å²) in [6.07, 6.45) is 0. The predicted octanol–water partition coefficient (Wildman–Crippen LogP) is -1.88. The van der Waals surface area contributed by atoms with Crippen molar-refractivity contribution >= 4 is 18.6 Å². The van der Waals surface area contributed by atoms with Crippen LogP contribution in [-0.2, 0) is 34.5 Å². The molecule has 3 N–H and O–H groups in total. The fourth-order valence-electron chi connectivity index (χ4n) is 0.295. The smallest absolute Gasteiger partial charge is 0.107 e. The fourth-order valence-corrected chi connectivity index (χ4v) is 0.412. The average molecular weight is 230 g/mol. The van der Waals surface area contributed by atoms with E-state index in [2.05, 4.69) is 12.6 Å². The van der Waals surface area contributed by atoms with Gasteiger partial charge in [0.15, 0.2) is 0 Å².